The second-order valence-electron chi connectivity index (χ2n) is 6.18. The average molecular weight is 345 g/mol. The first-order valence-corrected chi connectivity index (χ1v) is 8.53. The molecule has 134 valence electrons. The van der Waals surface area contributed by atoms with Crippen molar-refractivity contribution >= 4 is 5.91 Å². The minimum atomic E-state index is -0.294. The first kappa shape index (κ1) is 17.3. The largest absolute Gasteiger partial charge is 0.493 e. The van der Waals surface area contributed by atoms with Crippen molar-refractivity contribution < 1.29 is 18.7 Å². The molecule has 1 heterocycles. The van der Waals surface area contributed by atoms with Gasteiger partial charge in [-0.2, -0.15) is 0 Å². The predicted molar refractivity (Wildman–Crippen MR) is 91.0 cm³/mol. The van der Waals surface area contributed by atoms with E-state index in [0.29, 0.717) is 23.8 Å². The molecule has 0 saturated heterocycles. The quantitative estimate of drug-likeness (QED) is 0.866. The van der Waals surface area contributed by atoms with Gasteiger partial charge in [0.15, 0.2) is 11.5 Å². The molecule has 2 aromatic rings. The normalized spacial score (nSPS) is 15.0. The highest BCUT2D eigenvalue weighted by Crippen LogP contribution is 2.28. The van der Waals surface area contributed by atoms with Crippen molar-refractivity contribution in [2.75, 3.05) is 14.2 Å². The van der Waals surface area contributed by atoms with E-state index < -0.39 is 0 Å². The van der Waals surface area contributed by atoms with Crippen LogP contribution in [0.4, 0.5) is 0 Å². The minimum absolute atomic E-state index is 0.0149. The number of ether oxygens (including phenoxy) is 2. The number of hydrogen-bond acceptors (Lipinski definition) is 6. The Balaban J connectivity index is 1.64. The molecule has 1 amide bonds. The molecule has 0 radical (unpaired) electrons. The van der Waals surface area contributed by atoms with Crippen LogP contribution in [0.5, 0.6) is 11.5 Å². The van der Waals surface area contributed by atoms with Gasteiger partial charge in [0.05, 0.1) is 20.6 Å². The number of benzene rings is 1. The summed E-state index contributed by atoms with van der Waals surface area (Å²) in [6, 6.07) is 5.78. The predicted octanol–water partition coefficient (Wildman–Crippen LogP) is 2.74. The van der Waals surface area contributed by atoms with E-state index >= 15 is 0 Å². The Kier molecular flexibility index (Phi) is 5.53. The van der Waals surface area contributed by atoms with Crippen LogP contribution >= 0.6 is 0 Å². The van der Waals surface area contributed by atoms with E-state index in [4.69, 9.17) is 13.9 Å². The Morgan fingerprint density at radius 1 is 1.16 bits per heavy atom. The van der Waals surface area contributed by atoms with Crippen LogP contribution in [0.3, 0.4) is 0 Å². The Hall–Kier alpha value is -2.57. The molecular formula is C18H23N3O4. The molecule has 1 aliphatic carbocycles. The number of amides is 1. The first-order chi connectivity index (χ1) is 12.2. The molecule has 0 atom stereocenters. The van der Waals surface area contributed by atoms with Crippen molar-refractivity contribution in [3.05, 3.63) is 35.5 Å². The lowest BCUT2D eigenvalue weighted by Gasteiger charge is -2.21. The Morgan fingerprint density at radius 2 is 1.92 bits per heavy atom. The van der Waals surface area contributed by atoms with Gasteiger partial charge in [0.25, 0.3) is 0 Å². The molecular weight excluding hydrogens is 322 g/mol. The van der Waals surface area contributed by atoms with Crippen LogP contribution in [0.1, 0.15) is 54.2 Å². The van der Waals surface area contributed by atoms with E-state index in [1.54, 1.807) is 14.2 Å². The molecule has 7 heteroatoms. The number of rotatable bonds is 6. The molecule has 1 aliphatic rings. The van der Waals surface area contributed by atoms with Gasteiger partial charge in [0, 0.05) is 6.04 Å². The summed E-state index contributed by atoms with van der Waals surface area (Å²) in [6.45, 7) is 0. The molecule has 3 rings (SSSR count). The number of methoxy groups -OCH3 is 2. The lowest BCUT2D eigenvalue weighted by Crippen LogP contribution is -2.36. The van der Waals surface area contributed by atoms with Gasteiger partial charge in [-0.1, -0.05) is 25.3 Å². The number of nitrogens with zero attached hydrogens (tertiary/aromatic N) is 2. The fourth-order valence-electron chi connectivity index (χ4n) is 3.08. The summed E-state index contributed by atoms with van der Waals surface area (Å²) in [5.74, 6) is 1.40. The van der Waals surface area contributed by atoms with Gasteiger partial charge >= 0.3 is 11.8 Å². The lowest BCUT2D eigenvalue weighted by atomic mass is 9.95. The molecule has 25 heavy (non-hydrogen) atoms. The summed E-state index contributed by atoms with van der Waals surface area (Å²) in [5, 5.41) is 10.8. The topological polar surface area (TPSA) is 86.5 Å². The zero-order valence-electron chi connectivity index (χ0n) is 14.6. The average Bonchev–Trinajstić information content (AvgIpc) is 3.11. The van der Waals surface area contributed by atoms with Gasteiger partial charge in [0.2, 0.25) is 5.89 Å². The van der Waals surface area contributed by atoms with Crippen LogP contribution in [0, 0.1) is 0 Å². The standard InChI is InChI=1S/C18H23N3O4/c1-23-14-9-8-12(10-15(14)24-2)11-16-20-21-18(25-16)17(22)19-13-6-4-3-5-7-13/h8-10,13H,3-7,11H2,1-2H3,(H,19,22). The fourth-order valence-corrected chi connectivity index (χ4v) is 3.08. The van der Waals surface area contributed by atoms with E-state index in [2.05, 4.69) is 15.5 Å². The van der Waals surface area contributed by atoms with Gasteiger partial charge in [-0.05, 0) is 30.5 Å². The van der Waals surface area contributed by atoms with Crippen molar-refractivity contribution in [3.8, 4) is 11.5 Å². The number of aromatic nitrogens is 2. The summed E-state index contributed by atoms with van der Waals surface area (Å²) < 4.78 is 16.0. The molecule has 1 aromatic carbocycles. The molecule has 0 spiro atoms. The van der Waals surface area contributed by atoms with Crippen LogP contribution in [0.25, 0.3) is 0 Å². The van der Waals surface area contributed by atoms with E-state index in [1.165, 1.54) is 6.42 Å². The molecule has 1 aromatic heterocycles. The van der Waals surface area contributed by atoms with Crippen LogP contribution in [0.2, 0.25) is 0 Å². The minimum Gasteiger partial charge on any atom is -0.493 e. The summed E-state index contributed by atoms with van der Waals surface area (Å²) in [5.41, 5.74) is 0.931. The maximum atomic E-state index is 12.2. The van der Waals surface area contributed by atoms with Gasteiger partial charge in [-0.25, -0.2) is 0 Å². The molecule has 0 bridgehead atoms. The van der Waals surface area contributed by atoms with Crippen LogP contribution < -0.4 is 14.8 Å². The highest BCUT2D eigenvalue weighted by Gasteiger charge is 2.21. The molecule has 1 N–H and O–H groups in total. The maximum Gasteiger partial charge on any atom is 0.309 e. The van der Waals surface area contributed by atoms with Crippen LogP contribution in [0.15, 0.2) is 22.6 Å². The Labute approximate surface area is 146 Å². The van der Waals surface area contributed by atoms with Gasteiger partial charge in [-0.15, -0.1) is 10.2 Å². The zero-order chi connectivity index (χ0) is 17.6. The molecule has 7 nitrogen and oxygen atoms in total. The van der Waals surface area contributed by atoms with Crippen molar-refractivity contribution in [1.82, 2.24) is 15.5 Å². The lowest BCUT2D eigenvalue weighted by molar-refractivity contribution is 0.0891. The van der Waals surface area contributed by atoms with E-state index in [1.807, 2.05) is 18.2 Å². The molecule has 0 unspecified atom stereocenters. The zero-order valence-corrected chi connectivity index (χ0v) is 14.6. The number of carbonyl (C=O) groups is 1. The number of carbonyl (C=O) groups excluding carboxylic acids is 1. The third-order valence-corrected chi connectivity index (χ3v) is 4.40. The van der Waals surface area contributed by atoms with E-state index in [9.17, 15) is 4.79 Å². The molecule has 0 aliphatic heterocycles. The monoisotopic (exact) mass is 345 g/mol. The maximum absolute atomic E-state index is 12.2. The first-order valence-electron chi connectivity index (χ1n) is 8.53. The van der Waals surface area contributed by atoms with Gasteiger partial charge in [0.1, 0.15) is 0 Å². The second-order valence-corrected chi connectivity index (χ2v) is 6.18. The third-order valence-electron chi connectivity index (χ3n) is 4.40. The van der Waals surface area contributed by atoms with Crippen molar-refractivity contribution in [3.63, 3.8) is 0 Å². The number of nitrogens with one attached hydrogen (secondary N) is 1. The number of hydrogen-bond donors (Lipinski definition) is 1. The summed E-state index contributed by atoms with van der Waals surface area (Å²) in [7, 11) is 3.18. The fraction of sp³-hybridized carbons (Fsp3) is 0.500. The summed E-state index contributed by atoms with van der Waals surface area (Å²) in [6.07, 6.45) is 5.99. The van der Waals surface area contributed by atoms with Crippen LogP contribution in [-0.2, 0) is 6.42 Å². The van der Waals surface area contributed by atoms with Gasteiger partial charge < -0.3 is 19.2 Å². The Bertz CT molecular complexity index is 723. The summed E-state index contributed by atoms with van der Waals surface area (Å²) in [4.78, 5) is 12.2. The van der Waals surface area contributed by atoms with E-state index in [0.717, 1.165) is 31.2 Å². The summed E-state index contributed by atoms with van der Waals surface area (Å²) >= 11 is 0. The smallest absolute Gasteiger partial charge is 0.309 e. The van der Waals surface area contributed by atoms with Crippen molar-refractivity contribution in [1.29, 1.82) is 0 Å². The highest BCUT2D eigenvalue weighted by atomic mass is 16.5. The van der Waals surface area contributed by atoms with Crippen molar-refractivity contribution in [2.45, 2.75) is 44.6 Å². The van der Waals surface area contributed by atoms with E-state index in [-0.39, 0.29) is 17.8 Å². The molecule has 1 saturated carbocycles. The molecule has 1 fully saturated rings. The van der Waals surface area contributed by atoms with Crippen molar-refractivity contribution in [2.24, 2.45) is 0 Å². The third kappa shape index (κ3) is 4.29. The van der Waals surface area contributed by atoms with Crippen LogP contribution in [-0.4, -0.2) is 36.4 Å². The second kappa shape index (κ2) is 8.00. The van der Waals surface area contributed by atoms with Gasteiger partial charge in [-0.3, -0.25) is 4.79 Å². The SMILES string of the molecule is COc1ccc(Cc2nnc(C(=O)NC3CCCCC3)o2)cc1OC. The Morgan fingerprint density at radius 3 is 2.64 bits per heavy atom. The highest BCUT2D eigenvalue weighted by molar-refractivity contribution is 5.89.